The van der Waals surface area contributed by atoms with Gasteiger partial charge in [0.25, 0.3) is 0 Å². The molecule has 5 aliphatic rings. The van der Waals surface area contributed by atoms with Gasteiger partial charge < -0.3 is 9.47 Å². The second kappa shape index (κ2) is 9.20. The number of hydrogen-bond acceptors (Lipinski definition) is 4. The van der Waals surface area contributed by atoms with E-state index in [-0.39, 0.29) is 35.6 Å². The molecule has 4 nitrogen and oxygen atoms in total. The normalized spacial score (nSPS) is 28.6. The zero-order valence-corrected chi connectivity index (χ0v) is 19.8. The van der Waals surface area contributed by atoms with Crippen LogP contribution in [0.5, 0.6) is 0 Å². The standard InChI is InChI=1S/C30H34O4/c31-29(19-11-3-1-4-12-19)33-27-25-21-15-7-9-17-23(21)26(24-18-10-8-16-22(24)25)28(27)34-30(32)20-13-5-2-6-14-20/h7-10,15-20,25-28H,1-6,11-14H2/t25-,26-,27?,28?. The van der Waals surface area contributed by atoms with Gasteiger partial charge in [0.1, 0.15) is 0 Å². The van der Waals surface area contributed by atoms with E-state index in [1.165, 1.54) is 35.1 Å². The van der Waals surface area contributed by atoms with Crippen molar-refractivity contribution in [2.45, 2.75) is 88.3 Å². The molecule has 2 bridgehead atoms. The summed E-state index contributed by atoms with van der Waals surface area (Å²) in [5, 5.41) is 0. The van der Waals surface area contributed by atoms with Crippen LogP contribution in [0.25, 0.3) is 0 Å². The molecule has 34 heavy (non-hydrogen) atoms. The average molecular weight is 459 g/mol. The van der Waals surface area contributed by atoms with Crippen molar-refractivity contribution in [3.8, 4) is 0 Å². The van der Waals surface area contributed by atoms with Crippen molar-refractivity contribution in [3.05, 3.63) is 70.8 Å². The van der Waals surface area contributed by atoms with Crippen molar-refractivity contribution in [1.82, 2.24) is 0 Å². The van der Waals surface area contributed by atoms with Crippen LogP contribution in [-0.2, 0) is 19.1 Å². The molecule has 2 fully saturated rings. The van der Waals surface area contributed by atoms with Crippen molar-refractivity contribution in [1.29, 1.82) is 0 Å². The molecule has 0 amide bonds. The van der Waals surface area contributed by atoms with Gasteiger partial charge >= 0.3 is 11.9 Å². The first-order valence-corrected chi connectivity index (χ1v) is 13.3. The van der Waals surface area contributed by atoms with Gasteiger partial charge in [0.15, 0.2) is 12.2 Å². The number of rotatable bonds is 4. The lowest BCUT2D eigenvalue weighted by atomic mass is 9.61. The molecular formula is C30H34O4. The Morgan fingerprint density at radius 3 is 1.18 bits per heavy atom. The van der Waals surface area contributed by atoms with E-state index in [4.69, 9.17) is 9.47 Å². The van der Waals surface area contributed by atoms with E-state index in [9.17, 15) is 9.59 Å². The van der Waals surface area contributed by atoms with Gasteiger partial charge in [-0.3, -0.25) is 9.59 Å². The number of ether oxygens (including phenoxy) is 2. The van der Waals surface area contributed by atoms with Gasteiger partial charge in [-0.2, -0.15) is 0 Å². The van der Waals surface area contributed by atoms with E-state index in [0.29, 0.717) is 0 Å². The quantitative estimate of drug-likeness (QED) is 0.507. The van der Waals surface area contributed by atoms with E-state index in [0.717, 1.165) is 51.4 Å². The maximum absolute atomic E-state index is 13.3. The Morgan fingerprint density at radius 2 is 0.853 bits per heavy atom. The molecule has 0 heterocycles. The molecular weight excluding hydrogens is 424 g/mol. The van der Waals surface area contributed by atoms with Crippen LogP contribution in [0.2, 0.25) is 0 Å². The lowest BCUT2D eigenvalue weighted by Crippen LogP contribution is -2.52. The van der Waals surface area contributed by atoms with Crippen molar-refractivity contribution in [2.75, 3.05) is 0 Å². The Bertz CT molecular complexity index is 931. The first-order chi connectivity index (χ1) is 16.7. The third-order valence-corrected chi connectivity index (χ3v) is 8.69. The maximum atomic E-state index is 13.3. The fourth-order valence-electron chi connectivity index (χ4n) is 6.98. The summed E-state index contributed by atoms with van der Waals surface area (Å²) in [7, 11) is 0. The first kappa shape index (κ1) is 21.9. The van der Waals surface area contributed by atoms with Crippen molar-refractivity contribution in [3.63, 3.8) is 0 Å². The van der Waals surface area contributed by atoms with Gasteiger partial charge in [0.2, 0.25) is 0 Å². The predicted molar refractivity (Wildman–Crippen MR) is 129 cm³/mol. The smallest absolute Gasteiger partial charge is 0.309 e. The number of esters is 2. The second-order valence-electron chi connectivity index (χ2n) is 10.7. The van der Waals surface area contributed by atoms with Crippen LogP contribution >= 0.6 is 0 Å². The number of benzene rings is 2. The molecule has 2 unspecified atom stereocenters. The van der Waals surface area contributed by atoms with Gasteiger partial charge in [0.05, 0.1) is 23.7 Å². The molecule has 0 N–H and O–H groups in total. The first-order valence-electron chi connectivity index (χ1n) is 13.3. The van der Waals surface area contributed by atoms with Crippen LogP contribution in [0.3, 0.4) is 0 Å². The molecule has 2 aromatic rings. The summed E-state index contributed by atoms with van der Waals surface area (Å²) < 4.78 is 12.7. The molecule has 2 aromatic carbocycles. The summed E-state index contributed by atoms with van der Waals surface area (Å²) in [4.78, 5) is 26.7. The molecule has 0 radical (unpaired) electrons. The summed E-state index contributed by atoms with van der Waals surface area (Å²) in [6.07, 6.45) is 9.39. The lowest BCUT2D eigenvalue weighted by molar-refractivity contribution is -0.179. The summed E-state index contributed by atoms with van der Waals surface area (Å²) in [5.74, 6) is -0.483. The number of hydrogen-bond donors (Lipinski definition) is 0. The summed E-state index contributed by atoms with van der Waals surface area (Å²) >= 11 is 0. The predicted octanol–water partition coefficient (Wildman–Crippen LogP) is 6.26. The van der Waals surface area contributed by atoms with Crippen LogP contribution < -0.4 is 0 Å². The third-order valence-electron chi connectivity index (χ3n) is 8.69. The van der Waals surface area contributed by atoms with Gasteiger partial charge in [-0.15, -0.1) is 0 Å². The second-order valence-corrected chi connectivity index (χ2v) is 10.7. The zero-order valence-electron chi connectivity index (χ0n) is 19.8. The fourth-order valence-corrected chi connectivity index (χ4v) is 6.98. The van der Waals surface area contributed by atoms with Crippen LogP contribution in [0.4, 0.5) is 0 Å². The average Bonchev–Trinajstić information content (AvgIpc) is 2.90. The Labute approximate surface area is 202 Å². The fraction of sp³-hybridized carbons (Fsp3) is 0.533. The van der Waals surface area contributed by atoms with Crippen molar-refractivity contribution < 1.29 is 19.1 Å². The third kappa shape index (κ3) is 3.76. The number of carbonyl (C=O) groups is 2. The molecule has 2 atom stereocenters. The highest BCUT2D eigenvalue weighted by Gasteiger charge is 2.54. The van der Waals surface area contributed by atoms with E-state index < -0.39 is 12.2 Å². The molecule has 0 aliphatic heterocycles. The molecule has 4 heteroatoms. The monoisotopic (exact) mass is 458 g/mol. The van der Waals surface area contributed by atoms with E-state index in [1.54, 1.807) is 0 Å². The van der Waals surface area contributed by atoms with E-state index in [2.05, 4.69) is 48.5 Å². The molecule has 2 saturated carbocycles. The lowest BCUT2D eigenvalue weighted by Gasteiger charge is -2.49. The maximum Gasteiger partial charge on any atom is 0.309 e. The van der Waals surface area contributed by atoms with Gasteiger partial charge in [-0.05, 0) is 47.9 Å². The van der Waals surface area contributed by atoms with Crippen LogP contribution in [0.1, 0.15) is 98.3 Å². The van der Waals surface area contributed by atoms with Crippen LogP contribution in [0.15, 0.2) is 48.5 Å². The number of fused-ring (bicyclic) bond motifs is 1. The molecule has 7 rings (SSSR count). The van der Waals surface area contributed by atoms with Crippen molar-refractivity contribution >= 4 is 11.9 Å². The van der Waals surface area contributed by atoms with Gasteiger partial charge in [-0.25, -0.2) is 0 Å². The Hall–Kier alpha value is -2.62. The van der Waals surface area contributed by atoms with E-state index >= 15 is 0 Å². The molecule has 0 saturated heterocycles. The number of carbonyl (C=O) groups excluding carboxylic acids is 2. The highest BCUT2D eigenvalue weighted by atomic mass is 16.6. The molecule has 178 valence electrons. The minimum atomic E-state index is -0.475. The Balaban J connectivity index is 1.38. The Morgan fingerprint density at radius 1 is 0.529 bits per heavy atom. The summed E-state index contributed by atoms with van der Waals surface area (Å²) in [5.41, 5.74) is 4.82. The largest absolute Gasteiger partial charge is 0.457 e. The van der Waals surface area contributed by atoms with Crippen LogP contribution in [-0.4, -0.2) is 24.1 Å². The minimum Gasteiger partial charge on any atom is -0.457 e. The highest BCUT2D eigenvalue weighted by molar-refractivity contribution is 5.75. The topological polar surface area (TPSA) is 52.6 Å². The highest BCUT2D eigenvalue weighted by Crippen LogP contribution is 2.55. The summed E-state index contributed by atoms with van der Waals surface area (Å²) in [6, 6.07) is 16.9. The molecule has 0 spiro atoms. The van der Waals surface area contributed by atoms with E-state index in [1.807, 2.05) is 0 Å². The Kier molecular flexibility index (Phi) is 5.92. The van der Waals surface area contributed by atoms with Gasteiger partial charge in [0, 0.05) is 0 Å². The summed E-state index contributed by atoms with van der Waals surface area (Å²) in [6.45, 7) is 0. The molecule has 5 aliphatic carbocycles. The van der Waals surface area contributed by atoms with Gasteiger partial charge in [-0.1, -0.05) is 87.1 Å². The van der Waals surface area contributed by atoms with Crippen LogP contribution in [0, 0.1) is 11.8 Å². The van der Waals surface area contributed by atoms with Crippen molar-refractivity contribution in [2.24, 2.45) is 11.8 Å². The zero-order chi connectivity index (χ0) is 23.1. The SMILES string of the molecule is O=C(OC1C(OC(=O)C2CCCCC2)[C@H]2c3ccccc3[C@H]1c1ccccc12)C1CCCCC1. The minimum absolute atomic E-state index is 0.0330. The molecule has 0 aromatic heterocycles.